The molecule has 2 rings (SSSR count). The van der Waals surface area contributed by atoms with Crippen molar-refractivity contribution in [1.82, 2.24) is 0 Å². The molecule has 0 saturated heterocycles. The highest BCUT2D eigenvalue weighted by Gasteiger charge is 2.33. The quantitative estimate of drug-likeness (QED) is 0.523. The molecule has 12 heavy (non-hydrogen) atoms. The predicted molar refractivity (Wildman–Crippen MR) is 52.7 cm³/mol. The SMILES string of the molecule is CC1CN=CC2(CCCCC2)C1. The molecule has 0 bridgehead atoms. The van der Waals surface area contributed by atoms with E-state index < -0.39 is 0 Å². The van der Waals surface area contributed by atoms with Gasteiger partial charge < -0.3 is 0 Å². The van der Waals surface area contributed by atoms with E-state index in [9.17, 15) is 0 Å². The second kappa shape index (κ2) is 3.20. The zero-order chi connectivity index (χ0) is 8.44. The zero-order valence-electron chi connectivity index (χ0n) is 8.05. The highest BCUT2D eigenvalue weighted by molar-refractivity contribution is 5.66. The standard InChI is InChI=1S/C11H19N/c1-10-7-11(9-12-8-10)5-3-2-4-6-11/h9-10H,2-8H2,1H3. The molecule has 0 aromatic heterocycles. The average molecular weight is 165 g/mol. The van der Waals surface area contributed by atoms with Gasteiger partial charge in [-0.15, -0.1) is 0 Å². The molecular formula is C11H19N. The van der Waals surface area contributed by atoms with Gasteiger partial charge in [0.1, 0.15) is 0 Å². The van der Waals surface area contributed by atoms with Gasteiger partial charge in [0, 0.05) is 18.2 Å². The van der Waals surface area contributed by atoms with Crippen LogP contribution in [-0.2, 0) is 0 Å². The van der Waals surface area contributed by atoms with E-state index >= 15 is 0 Å². The Bertz CT molecular complexity index is 177. The fourth-order valence-corrected chi connectivity index (χ4v) is 2.83. The second-order valence-electron chi connectivity index (χ2n) is 4.73. The molecule has 1 atom stereocenters. The molecule has 1 aliphatic heterocycles. The van der Waals surface area contributed by atoms with E-state index in [0.717, 1.165) is 12.5 Å². The van der Waals surface area contributed by atoms with Crippen molar-refractivity contribution in [2.75, 3.05) is 6.54 Å². The van der Waals surface area contributed by atoms with Gasteiger partial charge in [-0.1, -0.05) is 26.2 Å². The largest absolute Gasteiger partial charge is 0.297 e. The first-order valence-corrected chi connectivity index (χ1v) is 5.32. The Kier molecular flexibility index (Phi) is 2.20. The lowest BCUT2D eigenvalue weighted by molar-refractivity contribution is 0.227. The monoisotopic (exact) mass is 165 g/mol. The van der Waals surface area contributed by atoms with Gasteiger partial charge in [0.2, 0.25) is 0 Å². The van der Waals surface area contributed by atoms with Crippen LogP contribution >= 0.6 is 0 Å². The summed E-state index contributed by atoms with van der Waals surface area (Å²) in [5, 5.41) is 0. The van der Waals surface area contributed by atoms with Gasteiger partial charge in [0.15, 0.2) is 0 Å². The molecule has 1 heterocycles. The Morgan fingerprint density at radius 2 is 2.00 bits per heavy atom. The van der Waals surface area contributed by atoms with Crippen LogP contribution in [0.4, 0.5) is 0 Å². The van der Waals surface area contributed by atoms with E-state index in [1.54, 1.807) is 0 Å². The minimum absolute atomic E-state index is 0.538. The van der Waals surface area contributed by atoms with Crippen LogP contribution in [0.3, 0.4) is 0 Å². The molecule has 0 aromatic rings. The number of hydrogen-bond acceptors (Lipinski definition) is 1. The highest BCUT2D eigenvalue weighted by Crippen LogP contribution is 2.41. The van der Waals surface area contributed by atoms with E-state index in [1.165, 1.54) is 38.5 Å². The maximum absolute atomic E-state index is 4.51. The summed E-state index contributed by atoms with van der Waals surface area (Å²) in [6, 6.07) is 0. The first-order valence-electron chi connectivity index (χ1n) is 5.32. The minimum Gasteiger partial charge on any atom is -0.297 e. The maximum atomic E-state index is 4.51. The smallest absolute Gasteiger partial charge is 0.0411 e. The number of rotatable bonds is 0. The van der Waals surface area contributed by atoms with Crippen molar-refractivity contribution in [3.8, 4) is 0 Å². The summed E-state index contributed by atoms with van der Waals surface area (Å²) in [7, 11) is 0. The van der Waals surface area contributed by atoms with E-state index in [1.807, 2.05) is 0 Å². The highest BCUT2D eigenvalue weighted by atomic mass is 14.8. The van der Waals surface area contributed by atoms with Crippen LogP contribution in [0.25, 0.3) is 0 Å². The molecule has 0 amide bonds. The Labute approximate surface area is 75.3 Å². The molecule has 1 saturated carbocycles. The topological polar surface area (TPSA) is 12.4 Å². The van der Waals surface area contributed by atoms with E-state index in [4.69, 9.17) is 0 Å². The summed E-state index contributed by atoms with van der Waals surface area (Å²) in [4.78, 5) is 4.51. The molecule has 1 aliphatic carbocycles. The Balaban J connectivity index is 2.07. The van der Waals surface area contributed by atoms with Crippen molar-refractivity contribution in [3.05, 3.63) is 0 Å². The fraction of sp³-hybridized carbons (Fsp3) is 0.909. The first kappa shape index (κ1) is 8.28. The van der Waals surface area contributed by atoms with E-state index in [-0.39, 0.29) is 0 Å². The first-order chi connectivity index (χ1) is 5.81. The van der Waals surface area contributed by atoms with Crippen LogP contribution in [0.1, 0.15) is 45.4 Å². The molecule has 1 spiro atoms. The van der Waals surface area contributed by atoms with Crippen molar-refractivity contribution >= 4 is 6.21 Å². The molecule has 1 nitrogen and oxygen atoms in total. The Morgan fingerprint density at radius 1 is 1.25 bits per heavy atom. The van der Waals surface area contributed by atoms with Gasteiger partial charge in [0.05, 0.1) is 0 Å². The van der Waals surface area contributed by atoms with E-state index in [2.05, 4.69) is 18.1 Å². The van der Waals surface area contributed by atoms with Crippen LogP contribution in [0, 0.1) is 11.3 Å². The van der Waals surface area contributed by atoms with Gasteiger partial charge in [-0.3, -0.25) is 4.99 Å². The summed E-state index contributed by atoms with van der Waals surface area (Å²) < 4.78 is 0. The normalized spacial score (nSPS) is 33.9. The molecule has 0 aromatic carbocycles. The number of nitrogens with zero attached hydrogens (tertiary/aromatic N) is 1. The van der Waals surface area contributed by atoms with Crippen molar-refractivity contribution in [2.24, 2.45) is 16.3 Å². The second-order valence-corrected chi connectivity index (χ2v) is 4.73. The third kappa shape index (κ3) is 1.55. The number of aliphatic imine (C=N–C) groups is 1. The van der Waals surface area contributed by atoms with Gasteiger partial charge in [0.25, 0.3) is 0 Å². The third-order valence-electron chi connectivity index (χ3n) is 3.39. The van der Waals surface area contributed by atoms with Gasteiger partial charge in [-0.2, -0.15) is 0 Å². The summed E-state index contributed by atoms with van der Waals surface area (Å²) >= 11 is 0. The van der Waals surface area contributed by atoms with Crippen LogP contribution < -0.4 is 0 Å². The molecule has 68 valence electrons. The lowest BCUT2D eigenvalue weighted by atomic mass is 9.69. The molecule has 2 aliphatic rings. The van der Waals surface area contributed by atoms with Gasteiger partial charge >= 0.3 is 0 Å². The lowest BCUT2D eigenvalue weighted by Gasteiger charge is -2.38. The van der Waals surface area contributed by atoms with Crippen molar-refractivity contribution in [2.45, 2.75) is 45.4 Å². The summed E-state index contributed by atoms with van der Waals surface area (Å²) in [6.07, 6.45) is 10.8. The van der Waals surface area contributed by atoms with Gasteiger partial charge in [-0.25, -0.2) is 0 Å². The molecule has 1 fully saturated rings. The minimum atomic E-state index is 0.538. The molecule has 1 unspecified atom stereocenters. The van der Waals surface area contributed by atoms with Crippen LogP contribution in [-0.4, -0.2) is 12.8 Å². The van der Waals surface area contributed by atoms with Crippen molar-refractivity contribution < 1.29 is 0 Å². The summed E-state index contributed by atoms with van der Waals surface area (Å²) in [5.41, 5.74) is 0.538. The third-order valence-corrected chi connectivity index (χ3v) is 3.39. The predicted octanol–water partition coefficient (Wildman–Crippen LogP) is 3.05. The zero-order valence-corrected chi connectivity index (χ0v) is 8.05. The van der Waals surface area contributed by atoms with Crippen molar-refractivity contribution in [3.63, 3.8) is 0 Å². The summed E-state index contributed by atoms with van der Waals surface area (Å²) in [5.74, 6) is 0.827. The maximum Gasteiger partial charge on any atom is 0.0411 e. The van der Waals surface area contributed by atoms with Gasteiger partial charge in [-0.05, 0) is 25.2 Å². The lowest BCUT2D eigenvalue weighted by Crippen LogP contribution is -2.32. The molecule has 1 heteroatoms. The van der Waals surface area contributed by atoms with Crippen LogP contribution in [0.5, 0.6) is 0 Å². The molecule has 0 N–H and O–H groups in total. The Hall–Kier alpha value is -0.330. The Morgan fingerprint density at radius 3 is 2.67 bits per heavy atom. The summed E-state index contributed by atoms with van der Waals surface area (Å²) in [6.45, 7) is 3.41. The fourth-order valence-electron chi connectivity index (χ4n) is 2.83. The van der Waals surface area contributed by atoms with Crippen LogP contribution in [0.15, 0.2) is 4.99 Å². The van der Waals surface area contributed by atoms with E-state index in [0.29, 0.717) is 5.41 Å². The van der Waals surface area contributed by atoms with Crippen LogP contribution in [0.2, 0.25) is 0 Å². The molecular weight excluding hydrogens is 146 g/mol. The average Bonchev–Trinajstić information content (AvgIpc) is 2.05. The molecule has 0 radical (unpaired) electrons. The van der Waals surface area contributed by atoms with Crippen molar-refractivity contribution in [1.29, 1.82) is 0 Å². The number of hydrogen-bond donors (Lipinski definition) is 0.